The van der Waals surface area contributed by atoms with E-state index in [1.54, 1.807) is 4.68 Å². The van der Waals surface area contributed by atoms with E-state index in [2.05, 4.69) is 11.2 Å². The number of nitrogen functional groups attached to an aromatic ring is 1. The highest BCUT2D eigenvalue weighted by Crippen LogP contribution is 2.38. The van der Waals surface area contributed by atoms with Crippen LogP contribution in [0.3, 0.4) is 0 Å². The fourth-order valence-corrected chi connectivity index (χ4v) is 4.56. The lowest BCUT2D eigenvalue weighted by atomic mass is 10.2. The summed E-state index contributed by atoms with van der Waals surface area (Å²) in [5.74, 6) is 3.16. The second kappa shape index (κ2) is 4.07. The largest absolute Gasteiger partial charge is 0.384 e. The molecule has 0 saturated heterocycles. The summed E-state index contributed by atoms with van der Waals surface area (Å²) < 4.78 is 1.76. The van der Waals surface area contributed by atoms with Gasteiger partial charge in [-0.3, -0.25) is 4.68 Å². The van der Waals surface area contributed by atoms with E-state index >= 15 is 0 Å². The highest BCUT2D eigenvalue weighted by Gasteiger charge is 2.18. The van der Waals surface area contributed by atoms with Crippen LogP contribution in [0.1, 0.15) is 16.0 Å². The third-order valence-corrected chi connectivity index (χ3v) is 5.45. The summed E-state index contributed by atoms with van der Waals surface area (Å²) in [6.07, 6.45) is 1.20. The zero-order valence-corrected chi connectivity index (χ0v) is 11.6. The van der Waals surface area contributed by atoms with Crippen LogP contribution in [0.25, 0.3) is 10.6 Å². The number of nitrogens with two attached hydrogens (primary N) is 1. The molecule has 0 aliphatic carbocycles. The van der Waals surface area contributed by atoms with Gasteiger partial charge in [-0.1, -0.05) is 0 Å². The van der Waals surface area contributed by atoms with Crippen LogP contribution in [0.4, 0.5) is 5.82 Å². The molecule has 0 fully saturated rings. The summed E-state index contributed by atoms with van der Waals surface area (Å²) in [6.45, 7) is 2.05. The van der Waals surface area contributed by atoms with Crippen molar-refractivity contribution >= 4 is 28.9 Å². The van der Waals surface area contributed by atoms with E-state index in [0.29, 0.717) is 0 Å². The molecule has 2 N–H and O–H groups in total. The Bertz CT molecular complexity index is 545. The molecule has 0 bridgehead atoms. The van der Waals surface area contributed by atoms with Crippen molar-refractivity contribution < 1.29 is 0 Å². The molecule has 3 heterocycles. The van der Waals surface area contributed by atoms with Crippen LogP contribution in [0.2, 0.25) is 0 Å². The summed E-state index contributed by atoms with van der Waals surface area (Å²) in [7, 11) is 1.90. The van der Waals surface area contributed by atoms with Crippen molar-refractivity contribution in [1.82, 2.24) is 9.78 Å². The van der Waals surface area contributed by atoms with E-state index in [1.165, 1.54) is 27.5 Å². The molecular weight excluding hydrogens is 250 g/mol. The number of hydrogen-bond donors (Lipinski definition) is 1. The highest BCUT2D eigenvalue weighted by molar-refractivity contribution is 7.98. The fourth-order valence-electron chi connectivity index (χ4n) is 2.14. The van der Waals surface area contributed by atoms with E-state index in [1.807, 2.05) is 37.1 Å². The molecule has 0 atom stereocenters. The molecule has 0 radical (unpaired) electrons. The second-order valence-electron chi connectivity index (χ2n) is 4.34. The molecule has 0 spiro atoms. The van der Waals surface area contributed by atoms with Crippen molar-refractivity contribution in [3.05, 3.63) is 22.1 Å². The Morgan fingerprint density at radius 3 is 2.94 bits per heavy atom. The molecule has 0 saturated carbocycles. The average Bonchev–Trinajstić information content (AvgIpc) is 2.86. The van der Waals surface area contributed by atoms with Crippen LogP contribution in [-0.2, 0) is 19.2 Å². The molecule has 0 amide bonds. The maximum Gasteiger partial charge on any atom is 0.124 e. The Labute approximate surface area is 109 Å². The standard InChI is InChI=1S/C12H15N3S2/c1-7-11(14-15(2)12(7)13)10-5-8-6-16-4-3-9(8)17-10/h5H,3-4,6,13H2,1-2H3. The smallest absolute Gasteiger partial charge is 0.124 e. The zero-order valence-electron chi connectivity index (χ0n) is 9.99. The van der Waals surface area contributed by atoms with E-state index < -0.39 is 0 Å². The number of thiophene rings is 1. The van der Waals surface area contributed by atoms with Crippen molar-refractivity contribution in [2.45, 2.75) is 19.1 Å². The van der Waals surface area contributed by atoms with Gasteiger partial charge in [0, 0.05) is 23.2 Å². The maximum absolute atomic E-state index is 5.96. The van der Waals surface area contributed by atoms with Gasteiger partial charge in [0.2, 0.25) is 0 Å². The average molecular weight is 265 g/mol. The fraction of sp³-hybridized carbons (Fsp3) is 0.417. The predicted octanol–water partition coefficient (Wildman–Crippen LogP) is 2.83. The molecule has 3 rings (SSSR count). The summed E-state index contributed by atoms with van der Waals surface area (Å²) >= 11 is 3.89. The van der Waals surface area contributed by atoms with Crippen molar-refractivity contribution in [3.63, 3.8) is 0 Å². The highest BCUT2D eigenvalue weighted by atomic mass is 32.2. The van der Waals surface area contributed by atoms with Gasteiger partial charge in [0.15, 0.2) is 0 Å². The molecule has 17 heavy (non-hydrogen) atoms. The van der Waals surface area contributed by atoms with Gasteiger partial charge in [-0.25, -0.2) is 0 Å². The number of rotatable bonds is 1. The number of anilines is 1. The first-order valence-electron chi connectivity index (χ1n) is 5.65. The Balaban J connectivity index is 2.09. The topological polar surface area (TPSA) is 43.8 Å². The third kappa shape index (κ3) is 1.77. The van der Waals surface area contributed by atoms with Crippen molar-refractivity contribution in [2.75, 3.05) is 11.5 Å². The van der Waals surface area contributed by atoms with Crippen molar-refractivity contribution in [1.29, 1.82) is 0 Å². The predicted molar refractivity (Wildman–Crippen MR) is 75.5 cm³/mol. The summed E-state index contributed by atoms with van der Waals surface area (Å²) in [4.78, 5) is 2.80. The van der Waals surface area contributed by atoms with Crippen molar-refractivity contribution in [3.8, 4) is 10.6 Å². The molecule has 90 valence electrons. The number of aromatic nitrogens is 2. The third-order valence-electron chi connectivity index (χ3n) is 3.20. The lowest BCUT2D eigenvalue weighted by Crippen LogP contribution is -1.97. The van der Waals surface area contributed by atoms with Crippen LogP contribution in [0.15, 0.2) is 6.07 Å². The van der Waals surface area contributed by atoms with Gasteiger partial charge >= 0.3 is 0 Å². The second-order valence-corrected chi connectivity index (χ2v) is 6.59. The van der Waals surface area contributed by atoms with Gasteiger partial charge in [0.05, 0.1) is 4.88 Å². The van der Waals surface area contributed by atoms with Crippen LogP contribution in [-0.4, -0.2) is 15.5 Å². The molecule has 0 aromatic carbocycles. The summed E-state index contributed by atoms with van der Waals surface area (Å²) in [6, 6.07) is 2.29. The van der Waals surface area contributed by atoms with E-state index in [0.717, 1.165) is 22.8 Å². The number of thioether (sulfide) groups is 1. The van der Waals surface area contributed by atoms with Gasteiger partial charge in [0.25, 0.3) is 0 Å². The SMILES string of the molecule is Cc1c(-c2cc3c(s2)CCSC3)nn(C)c1N. The van der Waals surface area contributed by atoms with Crippen LogP contribution in [0.5, 0.6) is 0 Å². The molecule has 3 nitrogen and oxygen atoms in total. The monoisotopic (exact) mass is 265 g/mol. The minimum absolute atomic E-state index is 0.765. The van der Waals surface area contributed by atoms with E-state index in [4.69, 9.17) is 5.73 Å². The summed E-state index contributed by atoms with van der Waals surface area (Å²) in [5.41, 5.74) is 9.60. The minimum Gasteiger partial charge on any atom is -0.384 e. The molecule has 1 aliphatic rings. The Hall–Kier alpha value is -0.940. The van der Waals surface area contributed by atoms with Gasteiger partial charge in [-0.05, 0) is 30.7 Å². The first kappa shape index (κ1) is 11.2. The van der Waals surface area contributed by atoms with Gasteiger partial charge in [-0.2, -0.15) is 16.9 Å². The van der Waals surface area contributed by atoms with E-state index in [-0.39, 0.29) is 0 Å². The van der Waals surface area contributed by atoms with Crippen LogP contribution in [0, 0.1) is 6.92 Å². The minimum atomic E-state index is 0.765. The molecular formula is C12H15N3S2. The number of hydrogen-bond acceptors (Lipinski definition) is 4. The normalized spacial score (nSPS) is 14.9. The molecule has 0 unspecified atom stereocenters. The molecule has 2 aromatic heterocycles. The maximum atomic E-state index is 5.96. The van der Waals surface area contributed by atoms with Crippen LogP contribution < -0.4 is 5.73 Å². The van der Waals surface area contributed by atoms with E-state index in [9.17, 15) is 0 Å². The molecule has 2 aromatic rings. The van der Waals surface area contributed by atoms with Gasteiger partial charge < -0.3 is 5.73 Å². The quantitative estimate of drug-likeness (QED) is 0.862. The molecule has 1 aliphatic heterocycles. The van der Waals surface area contributed by atoms with Crippen LogP contribution >= 0.6 is 23.1 Å². The van der Waals surface area contributed by atoms with Gasteiger partial charge in [0.1, 0.15) is 11.5 Å². The number of nitrogens with zero attached hydrogens (tertiary/aromatic N) is 2. The lowest BCUT2D eigenvalue weighted by molar-refractivity contribution is 0.782. The summed E-state index contributed by atoms with van der Waals surface area (Å²) in [5, 5.41) is 4.52. The first-order chi connectivity index (χ1) is 8.16. The first-order valence-corrected chi connectivity index (χ1v) is 7.62. The van der Waals surface area contributed by atoms with Gasteiger partial charge in [-0.15, -0.1) is 11.3 Å². The Kier molecular flexibility index (Phi) is 2.67. The Morgan fingerprint density at radius 1 is 1.47 bits per heavy atom. The molecule has 5 heteroatoms. The number of aryl methyl sites for hydroxylation is 2. The zero-order chi connectivity index (χ0) is 12.0. The lowest BCUT2D eigenvalue weighted by Gasteiger charge is -2.08. The Morgan fingerprint density at radius 2 is 2.29 bits per heavy atom. The van der Waals surface area contributed by atoms with Crippen molar-refractivity contribution in [2.24, 2.45) is 7.05 Å². The number of fused-ring (bicyclic) bond motifs is 1.